The van der Waals surface area contributed by atoms with Crippen LogP contribution in [0.1, 0.15) is 29.4 Å². The molecule has 0 atom stereocenters. The zero-order chi connectivity index (χ0) is 24.5. The van der Waals surface area contributed by atoms with Crippen molar-refractivity contribution in [2.45, 2.75) is 32.5 Å². The van der Waals surface area contributed by atoms with Crippen LogP contribution in [0.5, 0.6) is 11.5 Å². The number of nitrogens with zero attached hydrogens (tertiary/aromatic N) is 3. The number of ether oxygens (including phenoxy) is 2. The van der Waals surface area contributed by atoms with E-state index in [-0.39, 0.29) is 24.1 Å². The van der Waals surface area contributed by atoms with E-state index in [9.17, 15) is 9.18 Å². The predicted octanol–water partition coefficient (Wildman–Crippen LogP) is 5.22. The van der Waals surface area contributed by atoms with E-state index in [0.29, 0.717) is 38.9 Å². The van der Waals surface area contributed by atoms with E-state index >= 15 is 0 Å². The summed E-state index contributed by atoms with van der Waals surface area (Å²) < 4.78 is 25.7. The van der Waals surface area contributed by atoms with E-state index in [1.54, 1.807) is 24.3 Å². The third-order valence-corrected chi connectivity index (χ3v) is 5.87. The molecule has 0 aliphatic heterocycles. The number of hydrazone groups is 1. The normalized spacial score (nSPS) is 11.0. The average molecular weight is 547 g/mol. The lowest BCUT2D eigenvalue weighted by molar-refractivity contribution is -0.118. The van der Waals surface area contributed by atoms with Crippen LogP contribution in [0, 0.1) is 19.7 Å². The van der Waals surface area contributed by atoms with E-state index < -0.39 is 0 Å². The number of carbonyl (C=O) groups excluding carboxylic acids is 1. The van der Waals surface area contributed by atoms with Crippen molar-refractivity contribution < 1.29 is 18.7 Å². The maximum Gasteiger partial charge on any atom is 0.250 e. The molecule has 1 aromatic heterocycles. The van der Waals surface area contributed by atoms with E-state index in [4.69, 9.17) is 9.47 Å². The summed E-state index contributed by atoms with van der Waals surface area (Å²) in [6, 6.07) is 11.6. The fraction of sp³-hybridized carbons (Fsp3) is 0.250. The largest absolute Gasteiger partial charge is 0.490 e. The van der Waals surface area contributed by atoms with Gasteiger partial charge in [0.25, 0.3) is 5.91 Å². The Hall–Kier alpha value is -2.98. The summed E-state index contributed by atoms with van der Waals surface area (Å²) >= 11 is 4.74. The number of benzene rings is 2. The third kappa shape index (κ3) is 7.81. The Balaban J connectivity index is 1.61. The summed E-state index contributed by atoms with van der Waals surface area (Å²) in [5, 5.41) is 4.59. The molecule has 0 saturated heterocycles. The van der Waals surface area contributed by atoms with Crippen molar-refractivity contribution in [3.8, 4) is 11.5 Å². The van der Waals surface area contributed by atoms with Crippen LogP contribution in [-0.4, -0.2) is 34.4 Å². The van der Waals surface area contributed by atoms with Gasteiger partial charge in [-0.1, -0.05) is 23.9 Å². The van der Waals surface area contributed by atoms with Gasteiger partial charge < -0.3 is 9.47 Å². The first-order valence-electron chi connectivity index (χ1n) is 10.4. The van der Waals surface area contributed by atoms with Crippen molar-refractivity contribution in [2.75, 3.05) is 12.4 Å². The van der Waals surface area contributed by atoms with E-state index in [2.05, 4.69) is 36.4 Å². The van der Waals surface area contributed by atoms with Crippen LogP contribution >= 0.6 is 27.7 Å². The van der Waals surface area contributed by atoms with Gasteiger partial charge in [0.2, 0.25) is 0 Å². The highest BCUT2D eigenvalue weighted by Crippen LogP contribution is 2.34. The molecule has 0 unspecified atom stereocenters. The topological polar surface area (TPSA) is 85.7 Å². The highest BCUT2D eigenvalue weighted by Gasteiger charge is 2.11. The average Bonchev–Trinajstić information content (AvgIpc) is 2.78. The Kier molecular flexibility index (Phi) is 9.41. The molecule has 0 bridgehead atoms. The van der Waals surface area contributed by atoms with Gasteiger partial charge in [0.1, 0.15) is 12.4 Å². The zero-order valence-corrected chi connectivity index (χ0v) is 21.4. The molecule has 0 fully saturated rings. The van der Waals surface area contributed by atoms with Gasteiger partial charge in [-0.25, -0.2) is 19.8 Å². The van der Waals surface area contributed by atoms with Gasteiger partial charge in [0.05, 0.1) is 18.6 Å². The second-order valence-corrected chi connectivity index (χ2v) is 8.98. The number of aryl methyl sites for hydroxylation is 2. The molecule has 3 aromatic rings. The molecular formula is C24H24BrFN4O3S. The SMILES string of the molecule is CCOc1cc(/C=N\NC(=O)CSc2nc(C)cc(C)n2)c(Br)cc1OCc1cccc(F)c1. The van der Waals surface area contributed by atoms with Crippen LogP contribution < -0.4 is 14.9 Å². The van der Waals surface area contributed by atoms with Crippen LogP contribution in [0.15, 0.2) is 57.2 Å². The molecule has 1 heterocycles. The molecule has 7 nitrogen and oxygen atoms in total. The molecule has 0 aliphatic carbocycles. The van der Waals surface area contributed by atoms with Gasteiger partial charge in [-0.15, -0.1) is 0 Å². The Morgan fingerprint density at radius 2 is 1.88 bits per heavy atom. The second-order valence-electron chi connectivity index (χ2n) is 7.19. The minimum absolute atomic E-state index is 0.137. The van der Waals surface area contributed by atoms with Gasteiger partial charge in [-0.2, -0.15) is 5.10 Å². The molecular weight excluding hydrogens is 523 g/mol. The number of rotatable bonds is 10. The lowest BCUT2D eigenvalue weighted by atomic mass is 10.2. The molecule has 0 spiro atoms. The van der Waals surface area contributed by atoms with Crippen molar-refractivity contribution >= 4 is 39.8 Å². The van der Waals surface area contributed by atoms with E-state index in [1.807, 2.05) is 26.8 Å². The van der Waals surface area contributed by atoms with Gasteiger partial charge in [0.15, 0.2) is 16.7 Å². The number of thioether (sulfide) groups is 1. The third-order valence-electron chi connectivity index (χ3n) is 4.33. The maximum atomic E-state index is 13.4. The Morgan fingerprint density at radius 3 is 2.59 bits per heavy atom. The minimum Gasteiger partial charge on any atom is -0.490 e. The summed E-state index contributed by atoms with van der Waals surface area (Å²) in [5.74, 6) is 0.556. The number of hydrogen-bond acceptors (Lipinski definition) is 7. The lowest BCUT2D eigenvalue weighted by Gasteiger charge is -2.14. The van der Waals surface area contributed by atoms with Crippen LogP contribution in [-0.2, 0) is 11.4 Å². The van der Waals surface area contributed by atoms with Crippen LogP contribution in [0.4, 0.5) is 4.39 Å². The van der Waals surface area contributed by atoms with Gasteiger partial charge in [-0.05, 0) is 72.6 Å². The van der Waals surface area contributed by atoms with E-state index in [0.717, 1.165) is 11.4 Å². The van der Waals surface area contributed by atoms with Gasteiger partial charge in [0, 0.05) is 21.4 Å². The summed E-state index contributed by atoms with van der Waals surface area (Å²) in [6.45, 7) is 6.26. The van der Waals surface area contributed by atoms with Crippen LogP contribution in [0.2, 0.25) is 0 Å². The van der Waals surface area contributed by atoms with Crippen molar-refractivity contribution in [1.29, 1.82) is 0 Å². The van der Waals surface area contributed by atoms with Crippen molar-refractivity contribution in [1.82, 2.24) is 15.4 Å². The summed E-state index contributed by atoms with van der Waals surface area (Å²) in [7, 11) is 0. The van der Waals surface area contributed by atoms with E-state index in [1.165, 1.54) is 30.1 Å². The van der Waals surface area contributed by atoms with Crippen molar-refractivity contribution in [3.05, 3.63) is 75.3 Å². The molecule has 1 N–H and O–H groups in total. The molecule has 0 aliphatic rings. The van der Waals surface area contributed by atoms with Crippen LogP contribution in [0.25, 0.3) is 0 Å². The quantitative estimate of drug-likeness (QED) is 0.162. The molecule has 178 valence electrons. The number of carbonyl (C=O) groups is 1. The number of amides is 1. The molecule has 34 heavy (non-hydrogen) atoms. The van der Waals surface area contributed by atoms with Gasteiger partial charge in [-0.3, -0.25) is 4.79 Å². The number of nitrogens with one attached hydrogen (secondary N) is 1. The number of halogens is 2. The first kappa shape index (κ1) is 25.6. The summed E-state index contributed by atoms with van der Waals surface area (Å²) in [5.41, 5.74) is 5.60. The number of aromatic nitrogens is 2. The second kappa shape index (κ2) is 12.5. The molecule has 10 heteroatoms. The summed E-state index contributed by atoms with van der Waals surface area (Å²) in [4.78, 5) is 20.7. The molecule has 0 radical (unpaired) electrons. The number of hydrogen-bond donors (Lipinski definition) is 1. The lowest BCUT2D eigenvalue weighted by Crippen LogP contribution is -2.20. The fourth-order valence-electron chi connectivity index (χ4n) is 2.91. The monoisotopic (exact) mass is 546 g/mol. The first-order valence-corrected chi connectivity index (χ1v) is 12.2. The Bertz CT molecular complexity index is 1170. The van der Waals surface area contributed by atoms with Gasteiger partial charge >= 0.3 is 0 Å². The van der Waals surface area contributed by atoms with Crippen molar-refractivity contribution in [3.63, 3.8) is 0 Å². The van der Waals surface area contributed by atoms with Crippen LogP contribution in [0.3, 0.4) is 0 Å². The highest BCUT2D eigenvalue weighted by atomic mass is 79.9. The maximum absolute atomic E-state index is 13.4. The molecule has 3 rings (SSSR count). The smallest absolute Gasteiger partial charge is 0.250 e. The zero-order valence-electron chi connectivity index (χ0n) is 19.0. The molecule has 2 aromatic carbocycles. The van der Waals surface area contributed by atoms with Crippen molar-refractivity contribution in [2.24, 2.45) is 5.10 Å². The predicted molar refractivity (Wildman–Crippen MR) is 134 cm³/mol. The molecule has 0 saturated carbocycles. The highest BCUT2D eigenvalue weighted by molar-refractivity contribution is 9.10. The fourth-order valence-corrected chi connectivity index (χ4v) is 4.08. The summed E-state index contributed by atoms with van der Waals surface area (Å²) in [6.07, 6.45) is 1.51. The minimum atomic E-state index is -0.319. The first-order chi connectivity index (χ1) is 16.3. The standard InChI is InChI=1S/C24H24BrFN4O3S/c1-4-32-21-10-18(20(25)11-22(21)33-13-17-6-5-7-19(26)9-17)12-27-30-23(31)14-34-24-28-15(2)8-16(3)29-24/h5-12H,4,13-14H2,1-3H3,(H,30,31)/b27-12-. The Morgan fingerprint density at radius 1 is 1.15 bits per heavy atom. The Labute approximate surface area is 210 Å². The molecule has 1 amide bonds.